The van der Waals surface area contributed by atoms with Gasteiger partial charge in [-0.2, -0.15) is 5.10 Å². The fourth-order valence-electron chi connectivity index (χ4n) is 2.43. The molecule has 0 saturated carbocycles. The number of aryl methyl sites for hydroxylation is 2. The topological polar surface area (TPSA) is 41.9 Å². The molecule has 0 saturated heterocycles. The first-order chi connectivity index (χ1) is 11.0. The van der Waals surface area contributed by atoms with Crippen LogP contribution in [0.2, 0.25) is 0 Å². The van der Waals surface area contributed by atoms with Gasteiger partial charge >= 0.3 is 0 Å². The van der Waals surface area contributed by atoms with Crippen LogP contribution in [0.15, 0.2) is 24.3 Å². The maximum Gasteiger partial charge on any atom is 0.170 e. The summed E-state index contributed by atoms with van der Waals surface area (Å²) >= 11 is 5.36. The molecule has 4 nitrogen and oxygen atoms in total. The third kappa shape index (κ3) is 4.79. The van der Waals surface area contributed by atoms with Gasteiger partial charge in [-0.1, -0.05) is 43.2 Å². The third-order valence-corrected chi connectivity index (χ3v) is 4.14. The average Bonchev–Trinajstić information content (AvgIpc) is 2.77. The summed E-state index contributed by atoms with van der Waals surface area (Å²) in [4.78, 5) is 0. The minimum Gasteiger partial charge on any atom is -0.362 e. The molecule has 0 atom stereocenters. The lowest BCUT2D eigenvalue weighted by Crippen LogP contribution is -2.29. The van der Waals surface area contributed by atoms with E-state index in [9.17, 15) is 0 Å². The Hall–Kier alpha value is -1.88. The molecule has 1 aromatic heterocycles. The van der Waals surface area contributed by atoms with Gasteiger partial charge in [0.05, 0.1) is 23.6 Å². The van der Waals surface area contributed by atoms with Crippen LogP contribution in [0.25, 0.3) is 0 Å². The van der Waals surface area contributed by atoms with Gasteiger partial charge in [0.1, 0.15) is 0 Å². The number of unbranched alkanes of at least 4 members (excludes halogenated alkanes) is 1. The SMILES string of the molecule is CCCCNC(=S)Nc1c(C)nn(Cc2ccc(C)cc2)c1C. The highest BCUT2D eigenvalue weighted by Gasteiger charge is 2.12. The van der Waals surface area contributed by atoms with Crippen molar-refractivity contribution in [2.75, 3.05) is 11.9 Å². The first-order valence-electron chi connectivity index (χ1n) is 8.15. The highest BCUT2D eigenvalue weighted by molar-refractivity contribution is 7.80. The number of rotatable bonds is 6. The van der Waals surface area contributed by atoms with E-state index >= 15 is 0 Å². The lowest BCUT2D eigenvalue weighted by molar-refractivity contribution is 0.659. The highest BCUT2D eigenvalue weighted by Crippen LogP contribution is 2.20. The van der Waals surface area contributed by atoms with Crippen molar-refractivity contribution >= 4 is 23.0 Å². The number of anilines is 1. The molecule has 0 radical (unpaired) electrons. The zero-order valence-electron chi connectivity index (χ0n) is 14.4. The van der Waals surface area contributed by atoms with Gasteiger partial charge in [0, 0.05) is 6.54 Å². The van der Waals surface area contributed by atoms with Crippen LogP contribution in [0.5, 0.6) is 0 Å². The van der Waals surface area contributed by atoms with E-state index in [1.165, 1.54) is 11.1 Å². The monoisotopic (exact) mass is 330 g/mol. The fourth-order valence-corrected chi connectivity index (χ4v) is 2.64. The normalized spacial score (nSPS) is 10.6. The van der Waals surface area contributed by atoms with Crippen molar-refractivity contribution in [3.05, 3.63) is 46.8 Å². The van der Waals surface area contributed by atoms with E-state index in [-0.39, 0.29) is 0 Å². The van der Waals surface area contributed by atoms with Crippen LogP contribution in [0.1, 0.15) is 42.3 Å². The molecule has 23 heavy (non-hydrogen) atoms. The molecule has 2 aromatic rings. The standard InChI is InChI=1S/C18H26N4S/c1-5-6-11-19-18(23)20-17-14(3)21-22(15(17)4)12-16-9-7-13(2)8-10-16/h7-10H,5-6,11-12H2,1-4H3,(H2,19,20,23). The van der Waals surface area contributed by atoms with Gasteiger partial charge in [-0.15, -0.1) is 0 Å². The van der Waals surface area contributed by atoms with Crippen LogP contribution in [0.4, 0.5) is 5.69 Å². The Balaban J connectivity index is 2.06. The van der Waals surface area contributed by atoms with Gasteiger partial charge < -0.3 is 10.6 Å². The molecule has 124 valence electrons. The minimum absolute atomic E-state index is 0.666. The number of thiocarbonyl (C=S) groups is 1. The Bertz CT molecular complexity index is 658. The first-order valence-corrected chi connectivity index (χ1v) is 8.56. The van der Waals surface area contributed by atoms with E-state index in [0.717, 1.165) is 43.0 Å². The Morgan fingerprint density at radius 1 is 1.17 bits per heavy atom. The highest BCUT2D eigenvalue weighted by atomic mass is 32.1. The van der Waals surface area contributed by atoms with E-state index in [2.05, 4.69) is 60.8 Å². The predicted octanol–water partition coefficient (Wildman–Crippen LogP) is 3.94. The summed E-state index contributed by atoms with van der Waals surface area (Å²) in [6.07, 6.45) is 2.27. The second-order valence-electron chi connectivity index (χ2n) is 5.92. The van der Waals surface area contributed by atoms with Gasteiger partial charge in [-0.3, -0.25) is 4.68 Å². The molecular formula is C18H26N4S. The largest absolute Gasteiger partial charge is 0.362 e. The first kappa shape index (κ1) is 17.5. The molecule has 0 bridgehead atoms. The smallest absolute Gasteiger partial charge is 0.170 e. The second kappa shape index (κ2) is 8.11. The summed E-state index contributed by atoms with van der Waals surface area (Å²) in [6.45, 7) is 10.0. The zero-order chi connectivity index (χ0) is 16.8. The van der Waals surface area contributed by atoms with Crippen molar-refractivity contribution < 1.29 is 0 Å². The second-order valence-corrected chi connectivity index (χ2v) is 6.33. The zero-order valence-corrected chi connectivity index (χ0v) is 15.3. The molecule has 1 aromatic carbocycles. The van der Waals surface area contributed by atoms with E-state index < -0.39 is 0 Å². The Kier molecular flexibility index (Phi) is 6.16. The molecule has 0 aliphatic carbocycles. The molecule has 1 heterocycles. The molecule has 0 aliphatic rings. The van der Waals surface area contributed by atoms with Crippen molar-refractivity contribution in [1.29, 1.82) is 0 Å². The summed E-state index contributed by atoms with van der Waals surface area (Å²) < 4.78 is 2.02. The fraction of sp³-hybridized carbons (Fsp3) is 0.444. The van der Waals surface area contributed by atoms with E-state index in [0.29, 0.717) is 5.11 Å². The van der Waals surface area contributed by atoms with Crippen molar-refractivity contribution in [3.8, 4) is 0 Å². The van der Waals surface area contributed by atoms with Gasteiger partial charge in [0.2, 0.25) is 0 Å². The average molecular weight is 331 g/mol. The summed E-state index contributed by atoms with van der Waals surface area (Å²) in [5.74, 6) is 0. The van der Waals surface area contributed by atoms with E-state index in [4.69, 9.17) is 12.2 Å². The molecule has 0 spiro atoms. The van der Waals surface area contributed by atoms with Gasteiger partial charge in [-0.05, 0) is 45.0 Å². The number of aromatic nitrogens is 2. The van der Waals surface area contributed by atoms with E-state index in [1.807, 2.05) is 11.6 Å². The maximum absolute atomic E-state index is 5.36. The number of hydrogen-bond acceptors (Lipinski definition) is 2. The lowest BCUT2D eigenvalue weighted by Gasteiger charge is -2.11. The number of benzene rings is 1. The number of nitrogens with one attached hydrogen (secondary N) is 2. The van der Waals surface area contributed by atoms with Crippen molar-refractivity contribution in [1.82, 2.24) is 15.1 Å². The number of hydrogen-bond donors (Lipinski definition) is 2. The van der Waals surface area contributed by atoms with Gasteiger partial charge in [0.25, 0.3) is 0 Å². The van der Waals surface area contributed by atoms with Crippen molar-refractivity contribution in [2.24, 2.45) is 0 Å². The van der Waals surface area contributed by atoms with Gasteiger partial charge in [0.15, 0.2) is 5.11 Å². The molecular weight excluding hydrogens is 304 g/mol. The van der Waals surface area contributed by atoms with Crippen molar-refractivity contribution in [3.63, 3.8) is 0 Å². The molecule has 0 amide bonds. The van der Waals surface area contributed by atoms with Crippen LogP contribution < -0.4 is 10.6 Å². The van der Waals surface area contributed by atoms with E-state index in [1.54, 1.807) is 0 Å². The third-order valence-electron chi connectivity index (χ3n) is 3.89. The van der Waals surface area contributed by atoms with Crippen LogP contribution in [0.3, 0.4) is 0 Å². The summed E-state index contributed by atoms with van der Waals surface area (Å²) in [6, 6.07) is 8.56. The molecule has 0 unspecified atom stereocenters. The summed E-state index contributed by atoms with van der Waals surface area (Å²) in [5.41, 5.74) is 5.59. The predicted molar refractivity (Wildman–Crippen MR) is 101 cm³/mol. The van der Waals surface area contributed by atoms with Crippen LogP contribution >= 0.6 is 12.2 Å². The Morgan fingerprint density at radius 3 is 2.52 bits per heavy atom. The minimum atomic E-state index is 0.666. The Morgan fingerprint density at radius 2 is 1.87 bits per heavy atom. The van der Waals surface area contributed by atoms with Crippen LogP contribution in [-0.2, 0) is 6.54 Å². The summed E-state index contributed by atoms with van der Waals surface area (Å²) in [7, 11) is 0. The van der Waals surface area contributed by atoms with Crippen LogP contribution in [-0.4, -0.2) is 21.4 Å². The maximum atomic E-state index is 5.36. The lowest BCUT2D eigenvalue weighted by atomic mass is 10.1. The molecule has 2 N–H and O–H groups in total. The van der Waals surface area contributed by atoms with Crippen LogP contribution in [0, 0.1) is 20.8 Å². The quantitative estimate of drug-likeness (QED) is 0.622. The summed E-state index contributed by atoms with van der Waals surface area (Å²) in [5, 5.41) is 11.8. The molecule has 0 fully saturated rings. The van der Waals surface area contributed by atoms with Crippen molar-refractivity contribution in [2.45, 2.75) is 47.1 Å². The number of nitrogens with zero attached hydrogens (tertiary/aromatic N) is 2. The molecule has 0 aliphatic heterocycles. The molecule has 5 heteroatoms. The Labute approximate surface area is 144 Å². The van der Waals surface area contributed by atoms with Gasteiger partial charge in [-0.25, -0.2) is 0 Å². The molecule has 2 rings (SSSR count).